The number of anilines is 1. The van der Waals surface area contributed by atoms with Crippen molar-refractivity contribution in [3.63, 3.8) is 0 Å². The van der Waals surface area contributed by atoms with Crippen LogP contribution in [0.4, 0.5) is 5.82 Å². The van der Waals surface area contributed by atoms with Gasteiger partial charge in [-0.1, -0.05) is 37.3 Å². The van der Waals surface area contributed by atoms with E-state index in [1.54, 1.807) is 0 Å². The molecular weight excluding hydrogens is 314 g/mol. The van der Waals surface area contributed by atoms with E-state index in [4.69, 9.17) is 20.2 Å². The minimum Gasteiger partial charge on any atom is -0.486 e. The van der Waals surface area contributed by atoms with Crippen LogP contribution in [0, 0.1) is 0 Å². The molecule has 0 bridgehead atoms. The van der Waals surface area contributed by atoms with Crippen molar-refractivity contribution in [1.29, 1.82) is 0 Å². The highest BCUT2D eigenvalue weighted by molar-refractivity contribution is 5.73. The Balaban J connectivity index is 1.73. The number of hydrogen-bond donors (Lipinski definition) is 1. The van der Waals surface area contributed by atoms with Crippen molar-refractivity contribution in [3.05, 3.63) is 59.9 Å². The average Bonchev–Trinajstić information content (AvgIpc) is 2.98. The second-order valence-electron chi connectivity index (χ2n) is 6.05. The highest BCUT2D eigenvalue weighted by Gasteiger charge is 2.18. The lowest BCUT2D eigenvalue weighted by Crippen LogP contribution is -2.15. The zero-order chi connectivity index (χ0) is 17.2. The monoisotopic (exact) mass is 335 g/mol. The van der Waals surface area contributed by atoms with Gasteiger partial charge in [0.2, 0.25) is 0 Å². The van der Waals surface area contributed by atoms with E-state index >= 15 is 0 Å². The first-order valence-corrected chi connectivity index (χ1v) is 8.55. The fourth-order valence-corrected chi connectivity index (χ4v) is 3.13. The predicted octanol–water partition coefficient (Wildman–Crippen LogP) is 3.51. The van der Waals surface area contributed by atoms with Gasteiger partial charge in [-0.05, 0) is 23.8 Å². The number of aryl methyl sites for hydroxylation is 1. The highest BCUT2D eigenvalue weighted by Crippen LogP contribution is 2.36. The molecule has 0 aliphatic carbocycles. The van der Waals surface area contributed by atoms with E-state index in [2.05, 4.69) is 23.6 Å². The molecule has 0 radical (unpaired) electrons. The lowest BCUT2D eigenvalue weighted by molar-refractivity contribution is 0.171. The quantitative estimate of drug-likeness (QED) is 0.792. The van der Waals surface area contributed by atoms with E-state index in [-0.39, 0.29) is 0 Å². The molecule has 1 aliphatic heterocycles. The number of imidazole rings is 1. The SMILES string of the molecule is CCc1nc(-c2ccc3c(c2)OCCO3)c(N)n1Cc1ccccc1. The molecule has 25 heavy (non-hydrogen) atoms. The van der Waals surface area contributed by atoms with Crippen LogP contribution in [-0.4, -0.2) is 22.8 Å². The third-order valence-corrected chi connectivity index (χ3v) is 4.40. The van der Waals surface area contributed by atoms with Gasteiger partial charge in [0.1, 0.15) is 30.5 Å². The average molecular weight is 335 g/mol. The van der Waals surface area contributed by atoms with Gasteiger partial charge < -0.3 is 19.8 Å². The van der Waals surface area contributed by atoms with Crippen LogP contribution in [0.5, 0.6) is 11.5 Å². The summed E-state index contributed by atoms with van der Waals surface area (Å²) in [5.74, 6) is 3.18. The Labute approximate surface area is 147 Å². The van der Waals surface area contributed by atoms with E-state index < -0.39 is 0 Å². The van der Waals surface area contributed by atoms with Crippen LogP contribution < -0.4 is 15.2 Å². The van der Waals surface area contributed by atoms with Crippen LogP contribution in [0.15, 0.2) is 48.5 Å². The summed E-state index contributed by atoms with van der Waals surface area (Å²) in [5.41, 5.74) is 9.41. The summed E-state index contributed by atoms with van der Waals surface area (Å²) in [6.45, 7) is 3.96. The molecular formula is C20H21N3O2. The lowest BCUT2D eigenvalue weighted by Gasteiger charge is -2.18. The number of aromatic nitrogens is 2. The van der Waals surface area contributed by atoms with E-state index in [9.17, 15) is 0 Å². The standard InChI is InChI=1S/C20H21N3O2/c1-2-18-22-19(15-8-9-16-17(12-15)25-11-10-24-16)20(21)23(18)13-14-6-4-3-5-7-14/h3-9,12H,2,10-11,13,21H2,1H3. The summed E-state index contributed by atoms with van der Waals surface area (Å²) in [4.78, 5) is 4.79. The molecule has 128 valence electrons. The van der Waals surface area contributed by atoms with Gasteiger partial charge in [0.15, 0.2) is 11.5 Å². The first kappa shape index (κ1) is 15.6. The second-order valence-corrected chi connectivity index (χ2v) is 6.05. The van der Waals surface area contributed by atoms with Crippen molar-refractivity contribution in [3.8, 4) is 22.8 Å². The zero-order valence-corrected chi connectivity index (χ0v) is 14.2. The Kier molecular flexibility index (Phi) is 4.06. The van der Waals surface area contributed by atoms with Gasteiger partial charge >= 0.3 is 0 Å². The molecule has 5 heteroatoms. The Bertz CT molecular complexity index is 887. The van der Waals surface area contributed by atoms with Gasteiger partial charge in [-0.3, -0.25) is 0 Å². The van der Waals surface area contributed by atoms with Crippen molar-refractivity contribution in [1.82, 2.24) is 9.55 Å². The fourth-order valence-electron chi connectivity index (χ4n) is 3.13. The van der Waals surface area contributed by atoms with Crippen LogP contribution in [0.25, 0.3) is 11.3 Å². The lowest BCUT2D eigenvalue weighted by atomic mass is 10.1. The Morgan fingerprint density at radius 3 is 2.56 bits per heavy atom. The summed E-state index contributed by atoms with van der Waals surface area (Å²) in [5, 5.41) is 0. The van der Waals surface area contributed by atoms with E-state index in [0.717, 1.165) is 35.0 Å². The molecule has 4 rings (SSSR count). The maximum Gasteiger partial charge on any atom is 0.162 e. The number of nitrogen functional groups attached to an aromatic ring is 1. The van der Waals surface area contributed by atoms with Gasteiger partial charge in [-0.2, -0.15) is 0 Å². The van der Waals surface area contributed by atoms with Gasteiger partial charge in [0.25, 0.3) is 0 Å². The van der Waals surface area contributed by atoms with Crippen molar-refractivity contribution in [2.24, 2.45) is 0 Å². The van der Waals surface area contributed by atoms with Crippen molar-refractivity contribution in [2.75, 3.05) is 18.9 Å². The molecule has 1 aromatic heterocycles. The number of benzene rings is 2. The number of nitrogens with zero attached hydrogens (tertiary/aromatic N) is 2. The fraction of sp³-hybridized carbons (Fsp3) is 0.250. The maximum absolute atomic E-state index is 6.46. The summed E-state index contributed by atoms with van der Waals surface area (Å²) in [7, 11) is 0. The largest absolute Gasteiger partial charge is 0.486 e. The summed E-state index contributed by atoms with van der Waals surface area (Å²) >= 11 is 0. The smallest absolute Gasteiger partial charge is 0.162 e. The number of nitrogens with two attached hydrogens (primary N) is 1. The molecule has 0 unspecified atom stereocenters. The normalized spacial score (nSPS) is 13.0. The molecule has 0 atom stereocenters. The minimum atomic E-state index is 0.564. The molecule has 0 saturated heterocycles. The summed E-state index contributed by atoms with van der Waals surface area (Å²) in [6.07, 6.45) is 0.821. The van der Waals surface area contributed by atoms with Crippen molar-refractivity contribution < 1.29 is 9.47 Å². The van der Waals surface area contributed by atoms with Gasteiger partial charge in [0.05, 0.1) is 6.54 Å². The number of rotatable bonds is 4. The molecule has 0 spiro atoms. The molecule has 0 saturated carbocycles. The first-order chi connectivity index (χ1) is 12.3. The molecule has 2 heterocycles. The molecule has 1 aliphatic rings. The third kappa shape index (κ3) is 2.93. The summed E-state index contributed by atoms with van der Waals surface area (Å²) in [6, 6.07) is 16.2. The van der Waals surface area contributed by atoms with E-state index in [1.807, 2.05) is 36.4 Å². The van der Waals surface area contributed by atoms with Crippen LogP contribution >= 0.6 is 0 Å². The molecule has 5 nitrogen and oxygen atoms in total. The second kappa shape index (κ2) is 6.51. The van der Waals surface area contributed by atoms with Gasteiger partial charge in [0, 0.05) is 12.0 Å². The van der Waals surface area contributed by atoms with Crippen LogP contribution in [-0.2, 0) is 13.0 Å². The van der Waals surface area contributed by atoms with E-state index in [1.165, 1.54) is 5.56 Å². The first-order valence-electron chi connectivity index (χ1n) is 8.55. The minimum absolute atomic E-state index is 0.564. The van der Waals surface area contributed by atoms with Gasteiger partial charge in [-0.25, -0.2) is 4.98 Å². The highest BCUT2D eigenvalue weighted by atomic mass is 16.6. The van der Waals surface area contributed by atoms with Crippen LogP contribution in [0.1, 0.15) is 18.3 Å². The van der Waals surface area contributed by atoms with Crippen LogP contribution in [0.2, 0.25) is 0 Å². The Morgan fingerprint density at radius 1 is 1.04 bits per heavy atom. The molecule has 2 N–H and O–H groups in total. The zero-order valence-electron chi connectivity index (χ0n) is 14.2. The molecule has 0 amide bonds. The van der Waals surface area contributed by atoms with Crippen LogP contribution in [0.3, 0.4) is 0 Å². The Morgan fingerprint density at radius 2 is 1.80 bits per heavy atom. The van der Waals surface area contributed by atoms with Crippen molar-refractivity contribution in [2.45, 2.75) is 19.9 Å². The molecule has 0 fully saturated rings. The van der Waals surface area contributed by atoms with E-state index in [0.29, 0.717) is 25.6 Å². The summed E-state index contributed by atoms with van der Waals surface area (Å²) < 4.78 is 13.4. The number of hydrogen-bond acceptors (Lipinski definition) is 4. The predicted molar refractivity (Wildman–Crippen MR) is 98.0 cm³/mol. The molecule has 3 aromatic rings. The maximum atomic E-state index is 6.46. The Hall–Kier alpha value is -2.95. The number of ether oxygens (including phenoxy) is 2. The van der Waals surface area contributed by atoms with Crippen molar-refractivity contribution >= 4 is 5.82 Å². The topological polar surface area (TPSA) is 62.3 Å². The number of fused-ring (bicyclic) bond motifs is 1. The van der Waals surface area contributed by atoms with Gasteiger partial charge in [-0.15, -0.1) is 0 Å². The molecule has 2 aromatic carbocycles. The third-order valence-electron chi connectivity index (χ3n) is 4.40.